The first-order valence-corrected chi connectivity index (χ1v) is 7.78. The predicted octanol–water partition coefficient (Wildman–Crippen LogP) is 2.08. The normalized spacial score (nSPS) is 13.4. The summed E-state index contributed by atoms with van der Waals surface area (Å²) in [6, 6.07) is 6.98. The maximum Gasteiger partial charge on any atom is 0.315 e. The van der Waals surface area contributed by atoms with E-state index in [1.807, 2.05) is 44.4 Å². The molecule has 0 bridgehead atoms. The van der Waals surface area contributed by atoms with Gasteiger partial charge >= 0.3 is 6.03 Å². The standard InChI is InChI=1S/C17H24N4O2/c1-4-13-5-7-14(8-6-13)16(11-22)20-17(23)19-12(2)15-9-18-21(3)10-15/h5-10,12,16,22H,4,11H2,1-3H3,(H2,19,20,23). The van der Waals surface area contributed by atoms with Crippen LogP contribution in [0.25, 0.3) is 0 Å². The average Bonchev–Trinajstić information content (AvgIpc) is 2.99. The van der Waals surface area contributed by atoms with Gasteiger partial charge in [0, 0.05) is 18.8 Å². The minimum Gasteiger partial charge on any atom is -0.394 e. The second-order valence-corrected chi connectivity index (χ2v) is 5.62. The Morgan fingerprint density at radius 1 is 1.26 bits per heavy atom. The molecule has 2 amide bonds. The lowest BCUT2D eigenvalue weighted by atomic mass is 10.0. The number of amides is 2. The maximum atomic E-state index is 12.1. The molecule has 23 heavy (non-hydrogen) atoms. The van der Waals surface area contributed by atoms with E-state index in [1.54, 1.807) is 10.9 Å². The van der Waals surface area contributed by atoms with Crippen LogP contribution in [0, 0.1) is 0 Å². The van der Waals surface area contributed by atoms with Gasteiger partial charge in [-0.3, -0.25) is 4.68 Å². The van der Waals surface area contributed by atoms with Crippen LogP contribution in [0.15, 0.2) is 36.7 Å². The van der Waals surface area contributed by atoms with Crippen LogP contribution in [-0.2, 0) is 13.5 Å². The molecular weight excluding hydrogens is 292 g/mol. The zero-order valence-electron chi connectivity index (χ0n) is 13.8. The molecule has 6 heteroatoms. The molecule has 2 unspecified atom stereocenters. The van der Waals surface area contributed by atoms with Gasteiger partial charge in [0.1, 0.15) is 0 Å². The van der Waals surface area contributed by atoms with Gasteiger partial charge in [0.05, 0.1) is 24.9 Å². The van der Waals surface area contributed by atoms with Crippen molar-refractivity contribution in [3.05, 3.63) is 53.3 Å². The Morgan fingerprint density at radius 3 is 2.48 bits per heavy atom. The van der Waals surface area contributed by atoms with E-state index in [0.29, 0.717) is 0 Å². The fourth-order valence-electron chi connectivity index (χ4n) is 2.36. The van der Waals surface area contributed by atoms with Gasteiger partial charge < -0.3 is 15.7 Å². The quantitative estimate of drug-likeness (QED) is 0.763. The Morgan fingerprint density at radius 2 is 1.96 bits per heavy atom. The van der Waals surface area contributed by atoms with Crippen LogP contribution < -0.4 is 10.6 Å². The Labute approximate surface area is 136 Å². The van der Waals surface area contributed by atoms with Gasteiger partial charge in [0.15, 0.2) is 0 Å². The largest absolute Gasteiger partial charge is 0.394 e. The van der Waals surface area contributed by atoms with Gasteiger partial charge in [0.25, 0.3) is 0 Å². The molecule has 0 spiro atoms. The molecule has 6 nitrogen and oxygen atoms in total. The van der Waals surface area contributed by atoms with Crippen molar-refractivity contribution in [1.82, 2.24) is 20.4 Å². The van der Waals surface area contributed by atoms with Crippen LogP contribution in [0.4, 0.5) is 4.79 Å². The molecule has 1 heterocycles. The third kappa shape index (κ3) is 4.56. The summed E-state index contributed by atoms with van der Waals surface area (Å²) in [5.41, 5.74) is 3.03. The molecule has 1 aromatic carbocycles. The number of aliphatic hydroxyl groups excluding tert-OH is 1. The van der Waals surface area contributed by atoms with Crippen molar-refractivity contribution < 1.29 is 9.90 Å². The fraction of sp³-hybridized carbons (Fsp3) is 0.412. The summed E-state index contributed by atoms with van der Waals surface area (Å²) in [6.45, 7) is 3.82. The highest BCUT2D eigenvalue weighted by atomic mass is 16.3. The molecule has 1 aromatic heterocycles. The van der Waals surface area contributed by atoms with E-state index in [9.17, 15) is 9.90 Å². The van der Waals surface area contributed by atoms with E-state index in [-0.39, 0.29) is 18.7 Å². The number of aromatic nitrogens is 2. The number of rotatable bonds is 6. The number of nitrogens with one attached hydrogen (secondary N) is 2. The summed E-state index contributed by atoms with van der Waals surface area (Å²) in [4.78, 5) is 12.1. The molecule has 124 valence electrons. The lowest BCUT2D eigenvalue weighted by Gasteiger charge is -2.19. The molecule has 2 rings (SSSR count). The Kier molecular flexibility index (Phi) is 5.76. The smallest absolute Gasteiger partial charge is 0.315 e. The SMILES string of the molecule is CCc1ccc(C(CO)NC(=O)NC(C)c2cnn(C)c2)cc1. The topological polar surface area (TPSA) is 79.2 Å². The highest BCUT2D eigenvalue weighted by Gasteiger charge is 2.16. The fourth-order valence-corrected chi connectivity index (χ4v) is 2.36. The van der Waals surface area contributed by atoms with E-state index in [4.69, 9.17) is 0 Å². The van der Waals surface area contributed by atoms with Crippen LogP contribution in [0.2, 0.25) is 0 Å². The number of carbonyl (C=O) groups excluding carboxylic acids is 1. The lowest BCUT2D eigenvalue weighted by Crippen LogP contribution is -2.40. The third-order valence-corrected chi connectivity index (χ3v) is 3.85. The maximum absolute atomic E-state index is 12.1. The van der Waals surface area contributed by atoms with Crippen LogP contribution in [0.3, 0.4) is 0 Å². The van der Waals surface area contributed by atoms with Crippen molar-refractivity contribution >= 4 is 6.03 Å². The van der Waals surface area contributed by atoms with Gasteiger partial charge in [-0.25, -0.2) is 4.79 Å². The predicted molar refractivity (Wildman–Crippen MR) is 88.9 cm³/mol. The first-order valence-electron chi connectivity index (χ1n) is 7.78. The average molecular weight is 316 g/mol. The van der Waals surface area contributed by atoms with Gasteiger partial charge in [-0.1, -0.05) is 31.2 Å². The Bertz CT molecular complexity index is 636. The molecule has 3 N–H and O–H groups in total. The molecule has 0 aliphatic carbocycles. The number of aryl methyl sites for hydroxylation is 2. The van der Waals surface area contributed by atoms with Gasteiger partial charge in [-0.05, 0) is 24.5 Å². The molecule has 0 fully saturated rings. The minimum atomic E-state index is -0.429. The van der Waals surface area contributed by atoms with E-state index in [2.05, 4.69) is 22.7 Å². The van der Waals surface area contributed by atoms with E-state index in [1.165, 1.54) is 5.56 Å². The second-order valence-electron chi connectivity index (χ2n) is 5.62. The van der Waals surface area contributed by atoms with Crippen LogP contribution >= 0.6 is 0 Å². The molecule has 0 radical (unpaired) electrons. The summed E-state index contributed by atoms with van der Waals surface area (Å²) >= 11 is 0. The number of carbonyl (C=O) groups is 1. The summed E-state index contributed by atoms with van der Waals surface area (Å²) in [7, 11) is 1.83. The number of hydrogen-bond donors (Lipinski definition) is 3. The summed E-state index contributed by atoms with van der Waals surface area (Å²) < 4.78 is 1.69. The molecule has 0 saturated heterocycles. The highest BCUT2D eigenvalue weighted by Crippen LogP contribution is 2.15. The van der Waals surface area contributed by atoms with E-state index in [0.717, 1.165) is 17.5 Å². The molecule has 2 aromatic rings. The number of aliphatic hydroxyl groups is 1. The lowest BCUT2D eigenvalue weighted by molar-refractivity contribution is 0.214. The highest BCUT2D eigenvalue weighted by molar-refractivity contribution is 5.75. The van der Waals surface area contributed by atoms with E-state index < -0.39 is 6.04 Å². The molecule has 0 aliphatic heterocycles. The van der Waals surface area contributed by atoms with Crippen LogP contribution in [0.5, 0.6) is 0 Å². The van der Waals surface area contributed by atoms with E-state index >= 15 is 0 Å². The van der Waals surface area contributed by atoms with Gasteiger partial charge in [-0.2, -0.15) is 5.10 Å². The first kappa shape index (κ1) is 17.0. The van der Waals surface area contributed by atoms with Crippen molar-refractivity contribution in [2.45, 2.75) is 32.4 Å². The van der Waals surface area contributed by atoms with Gasteiger partial charge in [0.2, 0.25) is 0 Å². The van der Waals surface area contributed by atoms with Crippen molar-refractivity contribution in [1.29, 1.82) is 0 Å². The third-order valence-electron chi connectivity index (χ3n) is 3.85. The number of urea groups is 1. The summed E-state index contributed by atoms with van der Waals surface area (Å²) in [6.07, 6.45) is 4.54. The summed E-state index contributed by atoms with van der Waals surface area (Å²) in [5, 5.41) is 19.3. The molecule has 2 atom stereocenters. The number of hydrogen-bond acceptors (Lipinski definition) is 3. The minimum absolute atomic E-state index is 0.153. The Hall–Kier alpha value is -2.34. The molecule has 0 saturated carbocycles. The van der Waals surface area contributed by atoms with Crippen molar-refractivity contribution in [2.24, 2.45) is 7.05 Å². The number of benzene rings is 1. The van der Waals surface area contributed by atoms with Gasteiger partial charge in [-0.15, -0.1) is 0 Å². The zero-order chi connectivity index (χ0) is 16.8. The van der Waals surface area contributed by atoms with Crippen molar-refractivity contribution in [2.75, 3.05) is 6.61 Å². The number of nitrogens with zero attached hydrogens (tertiary/aromatic N) is 2. The molecular formula is C17H24N4O2. The monoisotopic (exact) mass is 316 g/mol. The molecule has 0 aliphatic rings. The second kappa shape index (κ2) is 7.78. The first-order chi connectivity index (χ1) is 11.0. The van der Waals surface area contributed by atoms with Crippen molar-refractivity contribution in [3.8, 4) is 0 Å². The van der Waals surface area contributed by atoms with Crippen molar-refractivity contribution in [3.63, 3.8) is 0 Å². The van der Waals surface area contributed by atoms with Crippen LogP contribution in [-0.4, -0.2) is 27.5 Å². The zero-order valence-corrected chi connectivity index (χ0v) is 13.8. The Balaban J connectivity index is 1.96. The summed E-state index contributed by atoms with van der Waals surface area (Å²) in [5.74, 6) is 0. The van der Waals surface area contributed by atoms with Crippen LogP contribution in [0.1, 0.15) is 42.6 Å².